The Balaban J connectivity index is 2.71. The van der Waals surface area contributed by atoms with Crippen LogP contribution in [-0.2, 0) is 9.59 Å². The van der Waals surface area contributed by atoms with Crippen LogP contribution in [0.2, 0.25) is 0 Å². The summed E-state index contributed by atoms with van der Waals surface area (Å²) in [5.74, 6) is -0.639. The van der Waals surface area contributed by atoms with Gasteiger partial charge < -0.3 is 5.73 Å². The van der Waals surface area contributed by atoms with Gasteiger partial charge in [-0.1, -0.05) is 11.3 Å². The van der Waals surface area contributed by atoms with Gasteiger partial charge >= 0.3 is 0 Å². The summed E-state index contributed by atoms with van der Waals surface area (Å²) < 4.78 is 0. The molecule has 0 unspecified atom stereocenters. The van der Waals surface area contributed by atoms with Gasteiger partial charge in [0.05, 0.1) is 0 Å². The molecule has 1 heterocycles. The third-order valence-corrected chi connectivity index (χ3v) is 2.61. The van der Waals surface area contributed by atoms with Crippen LogP contribution in [0.25, 0.3) is 0 Å². The first kappa shape index (κ1) is 12.6. The first-order chi connectivity index (χ1) is 7.52. The molecule has 2 amide bonds. The predicted molar refractivity (Wildman–Crippen MR) is 61.0 cm³/mol. The second-order valence-corrected chi connectivity index (χ2v) is 4.36. The second kappa shape index (κ2) is 5.55. The van der Waals surface area contributed by atoms with E-state index in [4.69, 9.17) is 5.73 Å². The van der Waals surface area contributed by atoms with Crippen LogP contribution < -0.4 is 10.6 Å². The normalized spacial score (nSPS) is 10.4. The van der Waals surface area contributed by atoms with Crippen molar-refractivity contribution >= 4 is 28.3 Å². The Kier molecular flexibility index (Phi) is 4.36. The Morgan fingerprint density at radius 3 is 2.62 bits per heavy atom. The van der Waals surface area contributed by atoms with Gasteiger partial charge in [-0.15, -0.1) is 10.2 Å². The van der Waals surface area contributed by atoms with E-state index in [1.165, 1.54) is 16.2 Å². The van der Waals surface area contributed by atoms with Crippen LogP contribution in [0.1, 0.15) is 26.7 Å². The molecule has 7 heteroatoms. The zero-order valence-corrected chi connectivity index (χ0v) is 10.0. The topological polar surface area (TPSA) is 89.2 Å². The van der Waals surface area contributed by atoms with Gasteiger partial charge in [0.15, 0.2) is 0 Å². The number of nitrogens with two attached hydrogens (primary N) is 1. The van der Waals surface area contributed by atoms with Gasteiger partial charge in [0.2, 0.25) is 16.9 Å². The summed E-state index contributed by atoms with van der Waals surface area (Å²) in [6.07, 6.45) is 0.161. The fourth-order valence-electron chi connectivity index (χ4n) is 1.24. The van der Waals surface area contributed by atoms with Crippen LogP contribution in [0.3, 0.4) is 0 Å². The number of aromatic nitrogens is 2. The average molecular weight is 242 g/mol. The molecule has 0 aliphatic carbocycles. The summed E-state index contributed by atoms with van der Waals surface area (Å²) in [5.41, 5.74) is 6.56. The molecule has 0 spiro atoms. The van der Waals surface area contributed by atoms with E-state index in [0.29, 0.717) is 5.13 Å². The van der Waals surface area contributed by atoms with Crippen molar-refractivity contribution in [3.8, 4) is 0 Å². The van der Waals surface area contributed by atoms with E-state index in [-0.39, 0.29) is 24.8 Å². The van der Waals surface area contributed by atoms with Crippen LogP contribution in [-0.4, -0.2) is 28.1 Å². The van der Waals surface area contributed by atoms with Crippen LogP contribution in [0.15, 0.2) is 5.51 Å². The number of amides is 2. The van der Waals surface area contributed by atoms with Crippen LogP contribution in [0.5, 0.6) is 0 Å². The Morgan fingerprint density at radius 1 is 1.50 bits per heavy atom. The van der Waals surface area contributed by atoms with Gasteiger partial charge in [0.1, 0.15) is 5.51 Å². The molecule has 2 N–H and O–H groups in total. The molecule has 0 radical (unpaired) electrons. The van der Waals surface area contributed by atoms with Crippen molar-refractivity contribution in [3.63, 3.8) is 0 Å². The summed E-state index contributed by atoms with van der Waals surface area (Å²) in [7, 11) is 0. The minimum absolute atomic E-state index is 0.0201. The molecule has 1 aromatic heterocycles. The van der Waals surface area contributed by atoms with E-state index in [0.717, 1.165) is 0 Å². The highest BCUT2D eigenvalue weighted by Crippen LogP contribution is 2.19. The zero-order valence-electron chi connectivity index (χ0n) is 9.21. The molecule has 0 aliphatic heterocycles. The molecule has 0 bridgehead atoms. The highest BCUT2D eigenvalue weighted by molar-refractivity contribution is 7.13. The summed E-state index contributed by atoms with van der Waals surface area (Å²) in [4.78, 5) is 24.0. The molecule has 0 fully saturated rings. The fraction of sp³-hybridized carbons (Fsp3) is 0.556. The molecule has 0 aliphatic rings. The number of nitrogens with zero attached hydrogens (tertiary/aromatic N) is 3. The van der Waals surface area contributed by atoms with Gasteiger partial charge in [0.25, 0.3) is 0 Å². The predicted octanol–water partition coefficient (Wildman–Crippen LogP) is 0.545. The minimum atomic E-state index is -0.477. The maximum absolute atomic E-state index is 11.8. The largest absolute Gasteiger partial charge is 0.370 e. The van der Waals surface area contributed by atoms with Gasteiger partial charge in [-0.2, -0.15) is 0 Å². The molecule has 0 atom stereocenters. The summed E-state index contributed by atoms with van der Waals surface area (Å²) in [6.45, 7) is 3.76. The fourth-order valence-corrected chi connectivity index (χ4v) is 1.95. The lowest BCUT2D eigenvalue weighted by atomic mass is 10.2. The third-order valence-electron chi connectivity index (χ3n) is 1.92. The van der Waals surface area contributed by atoms with E-state index in [2.05, 4.69) is 10.2 Å². The van der Waals surface area contributed by atoms with Gasteiger partial charge in [-0.05, 0) is 13.8 Å². The number of anilines is 1. The number of hydrogen-bond donors (Lipinski definition) is 1. The number of carbonyl (C=O) groups is 2. The highest BCUT2D eigenvalue weighted by Gasteiger charge is 2.21. The van der Waals surface area contributed by atoms with Crippen molar-refractivity contribution in [2.75, 3.05) is 4.90 Å². The molecule has 88 valence electrons. The first-order valence-corrected chi connectivity index (χ1v) is 5.77. The van der Waals surface area contributed by atoms with E-state index < -0.39 is 5.91 Å². The Morgan fingerprint density at radius 2 is 2.19 bits per heavy atom. The molecule has 1 aromatic rings. The lowest BCUT2D eigenvalue weighted by molar-refractivity contribution is -0.123. The Bertz CT molecular complexity index is 364. The molecular weight excluding hydrogens is 228 g/mol. The van der Waals surface area contributed by atoms with Crippen LogP contribution in [0.4, 0.5) is 5.13 Å². The van der Waals surface area contributed by atoms with Crippen LogP contribution >= 0.6 is 11.3 Å². The number of carbonyl (C=O) groups excluding carboxylic acids is 2. The number of rotatable bonds is 5. The summed E-state index contributed by atoms with van der Waals surface area (Å²) >= 11 is 1.29. The van der Waals surface area contributed by atoms with Crippen LogP contribution in [0, 0.1) is 0 Å². The summed E-state index contributed by atoms with van der Waals surface area (Å²) in [6, 6.07) is -0.0201. The standard InChI is InChI=1S/C9H14N4O2S/c1-6(2)13(9-12-11-5-16-9)8(15)4-3-7(10)14/h5-6H,3-4H2,1-2H3,(H2,10,14). The number of primary amides is 1. The van der Waals surface area contributed by atoms with E-state index >= 15 is 0 Å². The average Bonchev–Trinajstić information content (AvgIpc) is 2.67. The number of hydrogen-bond acceptors (Lipinski definition) is 5. The minimum Gasteiger partial charge on any atom is -0.370 e. The smallest absolute Gasteiger partial charge is 0.229 e. The maximum Gasteiger partial charge on any atom is 0.229 e. The van der Waals surface area contributed by atoms with Crippen molar-refractivity contribution in [1.29, 1.82) is 0 Å². The Hall–Kier alpha value is -1.50. The van der Waals surface area contributed by atoms with Crippen molar-refractivity contribution in [2.24, 2.45) is 5.73 Å². The monoisotopic (exact) mass is 242 g/mol. The van der Waals surface area contributed by atoms with E-state index in [1.807, 2.05) is 13.8 Å². The maximum atomic E-state index is 11.8. The lowest BCUT2D eigenvalue weighted by Crippen LogP contribution is -2.37. The van der Waals surface area contributed by atoms with Gasteiger partial charge in [0, 0.05) is 18.9 Å². The van der Waals surface area contributed by atoms with Crippen molar-refractivity contribution in [1.82, 2.24) is 10.2 Å². The summed E-state index contributed by atoms with van der Waals surface area (Å²) in [5, 5.41) is 8.08. The van der Waals surface area contributed by atoms with Crippen molar-refractivity contribution in [2.45, 2.75) is 32.7 Å². The first-order valence-electron chi connectivity index (χ1n) is 4.89. The lowest BCUT2D eigenvalue weighted by Gasteiger charge is -2.23. The van der Waals surface area contributed by atoms with Crippen molar-refractivity contribution < 1.29 is 9.59 Å². The molecule has 16 heavy (non-hydrogen) atoms. The van der Waals surface area contributed by atoms with Crippen molar-refractivity contribution in [3.05, 3.63) is 5.51 Å². The SMILES string of the molecule is CC(C)N(C(=O)CCC(N)=O)c1nncs1. The molecule has 0 saturated carbocycles. The van der Waals surface area contributed by atoms with E-state index in [1.54, 1.807) is 5.51 Å². The quantitative estimate of drug-likeness (QED) is 0.816. The molecular formula is C9H14N4O2S. The second-order valence-electron chi connectivity index (χ2n) is 3.55. The molecule has 0 saturated heterocycles. The zero-order chi connectivity index (χ0) is 12.1. The Labute approximate surface area is 97.5 Å². The highest BCUT2D eigenvalue weighted by atomic mass is 32.1. The molecule has 1 rings (SSSR count). The van der Waals surface area contributed by atoms with E-state index in [9.17, 15) is 9.59 Å². The van der Waals surface area contributed by atoms with Gasteiger partial charge in [-0.25, -0.2) is 0 Å². The van der Waals surface area contributed by atoms with Gasteiger partial charge in [-0.3, -0.25) is 14.5 Å². The third kappa shape index (κ3) is 3.27. The molecule has 0 aromatic carbocycles. The molecule has 6 nitrogen and oxygen atoms in total.